The average molecular weight is 288 g/mol. The van der Waals surface area contributed by atoms with Crippen LogP contribution in [0.25, 0.3) is 0 Å². The van der Waals surface area contributed by atoms with Crippen molar-refractivity contribution in [2.45, 2.75) is 39.3 Å². The van der Waals surface area contributed by atoms with Crippen LogP contribution in [0.15, 0.2) is 24.3 Å². The van der Waals surface area contributed by atoms with E-state index in [-0.39, 0.29) is 11.1 Å². The molecule has 1 aliphatic heterocycles. The third-order valence-electron chi connectivity index (χ3n) is 2.14. The van der Waals surface area contributed by atoms with Crippen LogP contribution in [0.2, 0.25) is 12.6 Å². The lowest BCUT2D eigenvalue weighted by Crippen LogP contribution is -2.18. The Morgan fingerprint density at radius 2 is 1.42 bits per heavy atom. The van der Waals surface area contributed by atoms with E-state index in [1.807, 2.05) is 0 Å². The molecule has 1 saturated heterocycles. The molecule has 110 valence electrons. The summed E-state index contributed by atoms with van der Waals surface area (Å²) in [5, 5.41) is 15.8. The first-order chi connectivity index (χ1) is 8.68. The van der Waals surface area contributed by atoms with E-state index in [9.17, 15) is 9.59 Å². The molecule has 1 fully saturated rings. The zero-order chi connectivity index (χ0) is 15.4. The molecule has 5 nitrogen and oxygen atoms in total. The van der Waals surface area contributed by atoms with E-state index >= 15 is 0 Å². The zero-order valence-electron chi connectivity index (χ0n) is 11.9. The predicted molar refractivity (Wildman–Crippen MR) is 77.9 cm³/mol. The van der Waals surface area contributed by atoms with Gasteiger partial charge in [0.25, 0.3) is 0 Å². The number of rotatable bonds is 2. The molecule has 0 aromatic rings. The molecule has 0 aliphatic carbocycles. The van der Waals surface area contributed by atoms with Crippen LogP contribution < -0.4 is 0 Å². The van der Waals surface area contributed by atoms with Crippen LogP contribution in [-0.4, -0.2) is 37.8 Å². The van der Waals surface area contributed by atoms with Gasteiger partial charge in [-0.25, -0.2) is 9.59 Å². The average Bonchev–Trinajstić information content (AvgIpc) is 2.31. The summed E-state index contributed by atoms with van der Waals surface area (Å²) in [5.74, 6) is -1.87. The highest BCUT2D eigenvalue weighted by atomic mass is 28.3. The lowest BCUT2D eigenvalue weighted by molar-refractivity contribution is -0.133. The van der Waals surface area contributed by atoms with Crippen molar-refractivity contribution in [2.24, 2.45) is 0 Å². The second kappa shape index (κ2) is 11.7. The SMILES string of the molecule is C=C(C)C(=O)O.C=C(C)C(=O)O.C[SiH]1CCCCO1. The number of aliphatic carboxylic acids is 2. The van der Waals surface area contributed by atoms with Gasteiger partial charge in [0.1, 0.15) is 0 Å². The van der Waals surface area contributed by atoms with E-state index in [0.29, 0.717) is 0 Å². The van der Waals surface area contributed by atoms with E-state index in [1.165, 1.54) is 32.7 Å². The topological polar surface area (TPSA) is 83.8 Å². The Kier molecular flexibility index (Phi) is 12.2. The first kappa shape index (κ1) is 19.9. The Morgan fingerprint density at radius 3 is 1.53 bits per heavy atom. The molecule has 6 heteroatoms. The lowest BCUT2D eigenvalue weighted by Gasteiger charge is -2.16. The highest BCUT2D eigenvalue weighted by molar-refractivity contribution is 6.50. The van der Waals surface area contributed by atoms with E-state index in [1.54, 1.807) is 0 Å². The van der Waals surface area contributed by atoms with E-state index in [2.05, 4.69) is 19.7 Å². The van der Waals surface area contributed by atoms with Crippen molar-refractivity contribution in [1.29, 1.82) is 0 Å². The standard InChI is InChI=1S/C5H12OSi.2C4H6O2/c1-7-5-3-2-4-6-7;2*1-3(2)4(5)6/h7H,2-5H2,1H3;2*1H2,2H3,(H,5,6). The second-order valence-corrected chi connectivity index (χ2v) is 6.88. The van der Waals surface area contributed by atoms with Gasteiger partial charge < -0.3 is 14.6 Å². The smallest absolute Gasteiger partial charge is 0.330 e. The Bertz CT molecular complexity index is 271. The minimum absolute atomic E-state index is 0.176. The third kappa shape index (κ3) is 16.6. The number of hydrogen-bond acceptors (Lipinski definition) is 3. The minimum atomic E-state index is -0.935. The molecule has 0 aromatic heterocycles. The van der Waals surface area contributed by atoms with Crippen LogP contribution >= 0.6 is 0 Å². The minimum Gasteiger partial charge on any atom is -0.478 e. The molecular weight excluding hydrogens is 264 g/mol. The molecule has 0 radical (unpaired) electrons. The molecule has 1 aliphatic rings. The Balaban J connectivity index is 0. The molecule has 1 atom stereocenters. The van der Waals surface area contributed by atoms with Crippen molar-refractivity contribution >= 4 is 21.0 Å². The van der Waals surface area contributed by atoms with Gasteiger partial charge in [-0.1, -0.05) is 19.6 Å². The molecule has 0 bridgehead atoms. The van der Waals surface area contributed by atoms with E-state index in [0.717, 1.165) is 6.61 Å². The molecule has 1 rings (SSSR count). The van der Waals surface area contributed by atoms with E-state index < -0.39 is 21.0 Å². The van der Waals surface area contributed by atoms with Gasteiger partial charge in [0.2, 0.25) is 0 Å². The van der Waals surface area contributed by atoms with Gasteiger partial charge in [0.15, 0.2) is 9.04 Å². The molecule has 0 spiro atoms. The van der Waals surface area contributed by atoms with Crippen LogP contribution in [0, 0.1) is 0 Å². The van der Waals surface area contributed by atoms with Crippen molar-refractivity contribution < 1.29 is 24.2 Å². The quantitative estimate of drug-likeness (QED) is 0.602. The zero-order valence-corrected chi connectivity index (χ0v) is 13.1. The summed E-state index contributed by atoms with van der Waals surface area (Å²) in [5.41, 5.74) is 0.352. The normalized spacial score (nSPS) is 16.9. The van der Waals surface area contributed by atoms with E-state index in [4.69, 9.17) is 14.6 Å². The molecule has 2 N–H and O–H groups in total. The van der Waals surface area contributed by atoms with Gasteiger partial charge in [-0.05, 0) is 32.9 Å². The first-order valence-electron chi connectivity index (χ1n) is 6.07. The second-order valence-electron chi connectivity index (χ2n) is 4.35. The number of hydrogen-bond donors (Lipinski definition) is 2. The summed E-state index contributed by atoms with van der Waals surface area (Å²) in [6.45, 7) is 12.5. The fraction of sp³-hybridized carbons (Fsp3) is 0.538. The monoisotopic (exact) mass is 288 g/mol. The highest BCUT2D eigenvalue weighted by Crippen LogP contribution is 2.09. The largest absolute Gasteiger partial charge is 0.478 e. The number of carboxylic acids is 2. The summed E-state index contributed by atoms with van der Waals surface area (Å²) < 4.78 is 5.42. The summed E-state index contributed by atoms with van der Waals surface area (Å²) in [7, 11) is -0.595. The summed E-state index contributed by atoms with van der Waals surface area (Å²) in [4.78, 5) is 19.2. The van der Waals surface area contributed by atoms with Gasteiger partial charge in [0, 0.05) is 17.8 Å². The van der Waals surface area contributed by atoms with Crippen LogP contribution in [0.5, 0.6) is 0 Å². The van der Waals surface area contributed by atoms with Crippen LogP contribution in [0.4, 0.5) is 0 Å². The summed E-state index contributed by atoms with van der Waals surface area (Å²) in [6.07, 6.45) is 2.73. The maximum atomic E-state index is 9.60. The lowest BCUT2D eigenvalue weighted by atomic mass is 10.4. The molecule has 0 amide bonds. The number of carboxylic acid groups (broad SMARTS) is 2. The molecule has 0 aromatic carbocycles. The van der Waals surface area contributed by atoms with Crippen molar-refractivity contribution in [3.05, 3.63) is 24.3 Å². The van der Waals surface area contributed by atoms with Crippen LogP contribution in [0.3, 0.4) is 0 Å². The Hall–Kier alpha value is -1.40. The number of carbonyl (C=O) groups is 2. The van der Waals surface area contributed by atoms with Crippen molar-refractivity contribution in [1.82, 2.24) is 0 Å². The molecule has 1 unspecified atom stereocenters. The molecular formula is C13H24O5Si. The molecule has 0 saturated carbocycles. The summed E-state index contributed by atoms with van der Waals surface area (Å²) >= 11 is 0. The fourth-order valence-corrected chi connectivity index (χ4v) is 2.50. The van der Waals surface area contributed by atoms with Gasteiger partial charge in [-0.2, -0.15) is 0 Å². The van der Waals surface area contributed by atoms with Crippen molar-refractivity contribution in [3.8, 4) is 0 Å². The van der Waals surface area contributed by atoms with Gasteiger partial charge in [-0.3, -0.25) is 0 Å². The summed E-state index contributed by atoms with van der Waals surface area (Å²) in [6, 6.07) is 1.40. The third-order valence-corrected chi connectivity index (χ3v) is 4.16. The molecule has 1 heterocycles. The van der Waals surface area contributed by atoms with Crippen LogP contribution in [-0.2, 0) is 14.0 Å². The first-order valence-corrected chi connectivity index (χ1v) is 8.52. The molecule has 19 heavy (non-hydrogen) atoms. The predicted octanol–water partition coefficient (Wildman–Crippen LogP) is 2.44. The maximum Gasteiger partial charge on any atom is 0.330 e. The fourth-order valence-electron chi connectivity index (χ4n) is 0.902. The van der Waals surface area contributed by atoms with Crippen LogP contribution in [0.1, 0.15) is 26.7 Å². The van der Waals surface area contributed by atoms with Crippen molar-refractivity contribution in [3.63, 3.8) is 0 Å². The Morgan fingerprint density at radius 1 is 1.05 bits per heavy atom. The Labute approximate surface area is 116 Å². The van der Waals surface area contributed by atoms with Gasteiger partial charge in [-0.15, -0.1) is 0 Å². The van der Waals surface area contributed by atoms with Gasteiger partial charge >= 0.3 is 11.9 Å². The maximum absolute atomic E-state index is 9.60. The van der Waals surface area contributed by atoms with Gasteiger partial charge in [0.05, 0.1) is 0 Å². The highest BCUT2D eigenvalue weighted by Gasteiger charge is 2.08. The van der Waals surface area contributed by atoms with Crippen molar-refractivity contribution in [2.75, 3.05) is 6.61 Å².